The van der Waals surface area contributed by atoms with E-state index in [1.807, 2.05) is 0 Å². The van der Waals surface area contributed by atoms with Crippen LogP contribution in [0.1, 0.15) is 26.3 Å². The van der Waals surface area contributed by atoms with Crippen molar-refractivity contribution in [1.29, 1.82) is 0 Å². The number of hydrogen-bond donors (Lipinski definition) is 2. The minimum Gasteiger partial charge on any atom is -0.313 e. The molecule has 0 bridgehead atoms. The number of hydrogen-bond acceptors (Lipinski definition) is 2. The summed E-state index contributed by atoms with van der Waals surface area (Å²) in [6, 6.07) is 4.70. The third-order valence-electron chi connectivity index (χ3n) is 2.47. The van der Waals surface area contributed by atoms with Crippen LogP contribution in [0.5, 0.6) is 0 Å². The van der Waals surface area contributed by atoms with Crippen LogP contribution in [-0.4, -0.2) is 18.6 Å². The molecule has 1 rings (SSSR count). The number of benzene rings is 1. The normalized spacial score (nSPS) is 13.1. The Morgan fingerprint density at radius 1 is 1.06 bits per heavy atom. The first-order valence-electron chi connectivity index (χ1n) is 5.89. The molecule has 1 atom stereocenters. The van der Waals surface area contributed by atoms with E-state index >= 15 is 0 Å². The Hall–Kier alpha value is -1.00. The second-order valence-corrected chi connectivity index (χ2v) is 4.59. The van der Waals surface area contributed by atoms with Crippen molar-refractivity contribution >= 4 is 0 Å². The van der Waals surface area contributed by atoms with Crippen LogP contribution < -0.4 is 10.6 Å². The monoisotopic (exact) mass is 242 g/mol. The van der Waals surface area contributed by atoms with Crippen LogP contribution in [-0.2, 0) is 6.54 Å². The highest BCUT2D eigenvalue weighted by molar-refractivity contribution is 5.17. The zero-order valence-corrected chi connectivity index (χ0v) is 10.6. The highest BCUT2D eigenvalue weighted by Gasteiger charge is 2.05. The SMILES string of the molecule is CC(C)NCC(C)NCc1ccc(F)c(F)c1. The Bertz CT molecular complexity index is 353. The number of halogens is 2. The van der Waals surface area contributed by atoms with E-state index in [1.54, 1.807) is 6.07 Å². The molecular formula is C13H20F2N2. The topological polar surface area (TPSA) is 24.1 Å². The van der Waals surface area contributed by atoms with Gasteiger partial charge >= 0.3 is 0 Å². The molecule has 0 spiro atoms. The molecule has 1 unspecified atom stereocenters. The zero-order valence-electron chi connectivity index (χ0n) is 10.6. The minimum absolute atomic E-state index is 0.283. The number of nitrogens with one attached hydrogen (secondary N) is 2. The van der Waals surface area contributed by atoms with E-state index in [2.05, 4.69) is 31.4 Å². The van der Waals surface area contributed by atoms with Gasteiger partial charge in [-0.1, -0.05) is 19.9 Å². The highest BCUT2D eigenvalue weighted by Crippen LogP contribution is 2.08. The summed E-state index contributed by atoms with van der Waals surface area (Å²) in [4.78, 5) is 0. The van der Waals surface area contributed by atoms with Crippen molar-refractivity contribution in [2.24, 2.45) is 0 Å². The fourth-order valence-electron chi connectivity index (χ4n) is 1.43. The molecule has 2 N–H and O–H groups in total. The average molecular weight is 242 g/mol. The summed E-state index contributed by atoms with van der Waals surface area (Å²) >= 11 is 0. The van der Waals surface area contributed by atoms with Gasteiger partial charge < -0.3 is 10.6 Å². The molecule has 2 nitrogen and oxygen atoms in total. The Morgan fingerprint density at radius 3 is 2.35 bits per heavy atom. The lowest BCUT2D eigenvalue weighted by Gasteiger charge is -2.16. The second kappa shape index (κ2) is 6.67. The van der Waals surface area contributed by atoms with E-state index < -0.39 is 11.6 Å². The van der Waals surface area contributed by atoms with Crippen LogP contribution in [0.2, 0.25) is 0 Å². The third-order valence-corrected chi connectivity index (χ3v) is 2.47. The smallest absolute Gasteiger partial charge is 0.159 e. The highest BCUT2D eigenvalue weighted by atomic mass is 19.2. The van der Waals surface area contributed by atoms with Gasteiger partial charge in [-0.3, -0.25) is 0 Å². The molecule has 1 aromatic carbocycles. The molecule has 0 aliphatic rings. The maximum absolute atomic E-state index is 12.9. The first kappa shape index (κ1) is 14.1. The predicted molar refractivity (Wildman–Crippen MR) is 65.8 cm³/mol. The summed E-state index contributed by atoms with van der Waals surface area (Å²) in [5, 5.41) is 6.55. The molecule has 0 saturated heterocycles. The van der Waals surface area contributed by atoms with Crippen LogP contribution in [0.3, 0.4) is 0 Å². The van der Waals surface area contributed by atoms with Gasteiger partial charge in [0.15, 0.2) is 11.6 Å². The average Bonchev–Trinajstić information content (AvgIpc) is 2.28. The Kier molecular flexibility index (Phi) is 5.51. The van der Waals surface area contributed by atoms with Gasteiger partial charge in [-0.05, 0) is 24.6 Å². The lowest BCUT2D eigenvalue weighted by Crippen LogP contribution is -2.38. The Morgan fingerprint density at radius 2 is 1.76 bits per heavy atom. The van der Waals surface area contributed by atoms with Crippen LogP contribution in [0.15, 0.2) is 18.2 Å². The van der Waals surface area contributed by atoms with Crippen molar-refractivity contribution in [2.45, 2.75) is 39.4 Å². The van der Waals surface area contributed by atoms with Crippen molar-refractivity contribution in [1.82, 2.24) is 10.6 Å². The quantitative estimate of drug-likeness (QED) is 0.800. The van der Waals surface area contributed by atoms with Gasteiger partial charge in [0.25, 0.3) is 0 Å². The number of rotatable bonds is 6. The molecule has 0 fully saturated rings. The molecular weight excluding hydrogens is 222 g/mol. The molecule has 4 heteroatoms. The summed E-state index contributed by atoms with van der Waals surface area (Å²) in [6.45, 7) is 7.61. The van der Waals surface area contributed by atoms with E-state index in [1.165, 1.54) is 6.07 Å². The zero-order chi connectivity index (χ0) is 12.8. The molecule has 17 heavy (non-hydrogen) atoms. The lowest BCUT2D eigenvalue weighted by atomic mass is 10.2. The fourth-order valence-corrected chi connectivity index (χ4v) is 1.43. The maximum Gasteiger partial charge on any atom is 0.159 e. The molecule has 0 heterocycles. The molecule has 0 aromatic heterocycles. The Balaban J connectivity index is 2.36. The van der Waals surface area contributed by atoms with Crippen molar-refractivity contribution in [3.63, 3.8) is 0 Å². The van der Waals surface area contributed by atoms with Crippen LogP contribution in [0, 0.1) is 11.6 Å². The first-order valence-corrected chi connectivity index (χ1v) is 5.89. The van der Waals surface area contributed by atoms with Crippen LogP contribution in [0.4, 0.5) is 8.78 Å². The van der Waals surface area contributed by atoms with Gasteiger partial charge in [-0.2, -0.15) is 0 Å². The third kappa shape index (κ3) is 5.24. The minimum atomic E-state index is -0.803. The van der Waals surface area contributed by atoms with Gasteiger partial charge in [0.05, 0.1) is 0 Å². The molecule has 0 aliphatic heterocycles. The van der Waals surface area contributed by atoms with Gasteiger partial charge in [0.1, 0.15) is 0 Å². The molecule has 0 amide bonds. The molecule has 0 saturated carbocycles. The summed E-state index contributed by atoms with van der Waals surface area (Å²) in [7, 11) is 0. The Labute approximate surface area is 101 Å². The van der Waals surface area contributed by atoms with Gasteiger partial charge in [0.2, 0.25) is 0 Å². The van der Waals surface area contributed by atoms with Gasteiger partial charge in [-0.25, -0.2) is 8.78 Å². The standard InChI is InChI=1S/C13H20F2N2/c1-9(2)16-7-10(3)17-8-11-4-5-12(14)13(15)6-11/h4-6,9-10,16-17H,7-8H2,1-3H3. The van der Waals surface area contributed by atoms with E-state index in [9.17, 15) is 8.78 Å². The van der Waals surface area contributed by atoms with Crippen LogP contribution >= 0.6 is 0 Å². The van der Waals surface area contributed by atoms with Crippen molar-refractivity contribution < 1.29 is 8.78 Å². The predicted octanol–water partition coefficient (Wildman–Crippen LogP) is 2.44. The second-order valence-electron chi connectivity index (χ2n) is 4.59. The van der Waals surface area contributed by atoms with Crippen LogP contribution in [0.25, 0.3) is 0 Å². The molecule has 0 aliphatic carbocycles. The van der Waals surface area contributed by atoms with E-state index in [-0.39, 0.29) is 6.04 Å². The summed E-state index contributed by atoms with van der Waals surface area (Å²) < 4.78 is 25.6. The maximum atomic E-state index is 12.9. The van der Waals surface area contributed by atoms with Crippen molar-refractivity contribution in [3.8, 4) is 0 Å². The largest absolute Gasteiger partial charge is 0.313 e. The van der Waals surface area contributed by atoms with Gasteiger partial charge in [-0.15, -0.1) is 0 Å². The molecule has 1 aromatic rings. The van der Waals surface area contributed by atoms with Gasteiger partial charge in [0, 0.05) is 25.2 Å². The molecule has 0 radical (unpaired) electrons. The summed E-state index contributed by atoms with van der Waals surface area (Å²) in [5.74, 6) is -1.60. The molecule has 96 valence electrons. The summed E-state index contributed by atoms with van der Waals surface area (Å²) in [5.41, 5.74) is 0.750. The van der Waals surface area contributed by atoms with Crippen molar-refractivity contribution in [2.75, 3.05) is 6.54 Å². The van der Waals surface area contributed by atoms with Crippen molar-refractivity contribution in [3.05, 3.63) is 35.4 Å². The van der Waals surface area contributed by atoms with E-state index in [0.717, 1.165) is 18.2 Å². The van der Waals surface area contributed by atoms with E-state index in [0.29, 0.717) is 12.6 Å². The van der Waals surface area contributed by atoms with E-state index in [4.69, 9.17) is 0 Å². The lowest BCUT2D eigenvalue weighted by molar-refractivity contribution is 0.471. The summed E-state index contributed by atoms with van der Waals surface area (Å²) in [6.07, 6.45) is 0. The fraction of sp³-hybridized carbons (Fsp3) is 0.538. The first-order chi connectivity index (χ1) is 7.99.